The summed E-state index contributed by atoms with van der Waals surface area (Å²) in [5.41, 5.74) is 3.55. The number of anilines is 1. The molecular formula is C24H24N2O3S. The third-order valence-corrected chi connectivity index (χ3v) is 6.46. The number of rotatable bonds is 5. The third-order valence-electron chi connectivity index (χ3n) is 5.60. The second kappa shape index (κ2) is 8.50. The number of amides is 1. The van der Waals surface area contributed by atoms with Gasteiger partial charge in [-0.05, 0) is 41.1 Å². The van der Waals surface area contributed by atoms with Crippen molar-refractivity contribution in [1.82, 2.24) is 4.90 Å². The topological polar surface area (TPSA) is 42.0 Å². The summed E-state index contributed by atoms with van der Waals surface area (Å²) in [6, 6.07) is 18.4. The molecule has 0 fully saturated rings. The number of hydrogen-bond donors (Lipinski definition) is 0. The van der Waals surface area contributed by atoms with Crippen LogP contribution in [0.5, 0.6) is 11.5 Å². The molecule has 154 valence electrons. The molecule has 0 radical (unpaired) electrons. The molecule has 0 spiro atoms. The first-order valence-corrected chi connectivity index (χ1v) is 11.2. The van der Waals surface area contributed by atoms with Crippen LogP contribution >= 0.6 is 11.3 Å². The average molecular weight is 421 g/mol. The van der Waals surface area contributed by atoms with Gasteiger partial charge in [0.15, 0.2) is 11.5 Å². The molecule has 0 aliphatic carbocycles. The van der Waals surface area contributed by atoms with Crippen molar-refractivity contribution < 1.29 is 14.3 Å². The number of thiophene rings is 1. The van der Waals surface area contributed by atoms with Gasteiger partial charge in [0, 0.05) is 29.7 Å². The summed E-state index contributed by atoms with van der Waals surface area (Å²) >= 11 is 1.67. The Morgan fingerprint density at radius 3 is 2.67 bits per heavy atom. The number of benzene rings is 2. The first-order chi connectivity index (χ1) is 14.8. The van der Waals surface area contributed by atoms with Crippen LogP contribution in [0.4, 0.5) is 5.69 Å². The summed E-state index contributed by atoms with van der Waals surface area (Å²) in [6.45, 7) is 3.75. The maximum Gasteiger partial charge on any atom is 0.241 e. The van der Waals surface area contributed by atoms with E-state index in [0.29, 0.717) is 32.1 Å². The maximum atomic E-state index is 13.4. The Kier molecular flexibility index (Phi) is 5.43. The second-order valence-electron chi connectivity index (χ2n) is 7.62. The normalized spacial score (nSPS) is 15.5. The zero-order valence-electron chi connectivity index (χ0n) is 16.8. The summed E-state index contributed by atoms with van der Waals surface area (Å²) in [5, 5.41) is 2.05. The number of nitrogens with zero attached hydrogens (tertiary/aromatic N) is 2. The molecule has 3 aromatic rings. The number of carbonyl (C=O) groups is 1. The number of hydrogen-bond acceptors (Lipinski definition) is 5. The quantitative estimate of drug-likeness (QED) is 0.623. The summed E-state index contributed by atoms with van der Waals surface area (Å²) in [6.07, 6.45) is 0.985. The van der Waals surface area contributed by atoms with E-state index in [9.17, 15) is 4.79 Å². The van der Waals surface area contributed by atoms with E-state index in [-0.39, 0.29) is 5.91 Å². The highest BCUT2D eigenvalue weighted by atomic mass is 32.1. The highest BCUT2D eigenvalue weighted by Crippen LogP contribution is 2.35. The Labute approximate surface area is 180 Å². The smallest absolute Gasteiger partial charge is 0.241 e. The molecule has 2 aromatic carbocycles. The van der Waals surface area contributed by atoms with E-state index in [2.05, 4.69) is 35.2 Å². The van der Waals surface area contributed by atoms with Crippen molar-refractivity contribution in [2.24, 2.45) is 0 Å². The lowest BCUT2D eigenvalue weighted by molar-refractivity contribution is -0.120. The molecular weight excluding hydrogens is 396 g/mol. The highest BCUT2D eigenvalue weighted by molar-refractivity contribution is 7.09. The van der Waals surface area contributed by atoms with Crippen LogP contribution in [-0.4, -0.2) is 37.1 Å². The van der Waals surface area contributed by atoms with Gasteiger partial charge in [0.2, 0.25) is 5.91 Å². The fourth-order valence-corrected chi connectivity index (χ4v) is 4.74. The lowest BCUT2D eigenvalue weighted by Gasteiger charge is -2.31. The van der Waals surface area contributed by atoms with Crippen molar-refractivity contribution >= 4 is 22.9 Å². The largest absolute Gasteiger partial charge is 0.486 e. The average Bonchev–Trinajstić information content (AvgIpc) is 3.30. The van der Waals surface area contributed by atoms with E-state index in [1.807, 2.05) is 34.5 Å². The van der Waals surface area contributed by atoms with Gasteiger partial charge < -0.3 is 14.4 Å². The molecule has 6 heteroatoms. The van der Waals surface area contributed by atoms with Crippen molar-refractivity contribution in [3.63, 3.8) is 0 Å². The van der Waals surface area contributed by atoms with Crippen molar-refractivity contribution in [3.05, 3.63) is 76.0 Å². The Morgan fingerprint density at radius 1 is 1.00 bits per heavy atom. The van der Waals surface area contributed by atoms with E-state index in [1.54, 1.807) is 11.3 Å². The highest BCUT2D eigenvalue weighted by Gasteiger charge is 2.24. The molecule has 1 amide bonds. The molecule has 5 rings (SSSR count). The predicted molar refractivity (Wildman–Crippen MR) is 118 cm³/mol. The Balaban J connectivity index is 1.37. The number of carbonyl (C=O) groups excluding carboxylic acids is 1. The molecule has 0 atom stereocenters. The van der Waals surface area contributed by atoms with E-state index in [4.69, 9.17) is 9.47 Å². The maximum absolute atomic E-state index is 13.4. The minimum atomic E-state index is 0.0967. The fraction of sp³-hybridized carbons (Fsp3) is 0.292. The van der Waals surface area contributed by atoms with Gasteiger partial charge >= 0.3 is 0 Å². The van der Waals surface area contributed by atoms with Crippen molar-refractivity contribution in [2.75, 3.05) is 31.2 Å². The van der Waals surface area contributed by atoms with Gasteiger partial charge in [-0.25, -0.2) is 0 Å². The van der Waals surface area contributed by atoms with Crippen molar-refractivity contribution in [1.29, 1.82) is 0 Å². The number of fused-ring (bicyclic) bond motifs is 2. The Bertz CT molecular complexity index is 1030. The van der Waals surface area contributed by atoms with Gasteiger partial charge in [0.1, 0.15) is 13.2 Å². The van der Waals surface area contributed by atoms with Crippen LogP contribution in [0.15, 0.2) is 60.0 Å². The Hall–Kier alpha value is -2.83. The van der Waals surface area contributed by atoms with Gasteiger partial charge in [-0.15, -0.1) is 11.3 Å². The van der Waals surface area contributed by atoms with Crippen molar-refractivity contribution in [2.45, 2.75) is 19.5 Å². The van der Waals surface area contributed by atoms with Crippen LogP contribution in [0.1, 0.15) is 16.0 Å². The van der Waals surface area contributed by atoms with Crippen molar-refractivity contribution in [3.8, 4) is 11.5 Å². The molecule has 1 aromatic heterocycles. The SMILES string of the molecule is O=C(CN1CCc2ccccc2C1)N(Cc1cccs1)c1ccc2c(c1)OCCO2. The molecule has 0 N–H and O–H groups in total. The van der Waals surface area contributed by atoms with Crippen LogP contribution < -0.4 is 14.4 Å². The van der Waals surface area contributed by atoms with E-state index in [1.165, 1.54) is 11.1 Å². The molecule has 0 saturated carbocycles. The lowest BCUT2D eigenvalue weighted by Crippen LogP contribution is -2.42. The molecule has 2 aliphatic rings. The third kappa shape index (κ3) is 4.06. The van der Waals surface area contributed by atoms with Gasteiger partial charge in [-0.2, -0.15) is 0 Å². The van der Waals surface area contributed by atoms with Crippen LogP contribution in [0.25, 0.3) is 0 Å². The molecule has 2 aliphatic heterocycles. The monoisotopic (exact) mass is 420 g/mol. The van der Waals surface area contributed by atoms with Gasteiger partial charge in [-0.3, -0.25) is 9.69 Å². The second-order valence-corrected chi connectivity index (χ2v) is 8.65. The minimum absolute atomic E-state index is 0.0967. The fourth-order valence-electron chi connectivity index (χ4n) is 4.05. The standard InChI is InChI=1S/C24H24N2O3S/c27-24(17-25-10-9-18-4-1-2-5-19(18)15-25)26(16-21-6-3-13-30-21)20-7-8-22-23(14-20)29-12-11-28-22/h1-8,13-14H,9-12,15-17H2. The summed E-state index contributed by atoms with van der Waals surface area (Å²) in [7, 11) is 0. The number of ether oxygens (including phenoxy) is 2. The van der Waals surface area contributed by atoms with Crippen LogP contribution in [0.3, 0.4) is 0 Å². The Morgan fingerprint density at radius 2 is 1.83 bits per heavy atom. The van der Waals surface area contributed by atoms with Gasteiger partial charge in [-0.1, -0.05) is 30.3 Å². The molecule has 5 nitrogen and oxygen atoms in total. The van der Waals surface area contributed by atoms with E-state index in [0.717, 1.165) is 35.8 Å². The first kappa shape index (κ1) is 19.2. The predicted octanol–water partition coefficient (Wildman–Crippen LogP) is 4.11. The minimum Gasteiger partial charge on any atom is -0.486 e. The van der Waals surface area contributed by atoms with E-state index < -0.39 is 0 Å². The van der Waals surface area contributed by atoms with Crippen LogP contribution in [0.2, 0.25) is 0 Å². The zero-order valence-corrected chi connectivity index (χ0v) is 17.6. The molecule has 0 unspecified atom stereocenters. The molecule has 0 saturated heterocycles. The first-order valence-electron chi connectivity index (χ1n) is 10.3. The zero-order chi connectivity index (χ0) is 20.3. The van der Waals surface area contributed by atoms with Gasteiger partial charge in [0.05, 0.1) is 13.1 Å². The van der Waals surface area contributed by atoms with Gasteiger partial charge in [0.25, 0.3) is 0 Å². The van der Waals surface area contributed by atoms with E-state index >= 15 is 0 Å². The molecule has 0 bridgehead atoms. The van der Waals surface area contributed by atoms with Crippen LogP contribution in [-0.2, 0) is 24.3 Å². The molecule has 30 heavy (non-hydrogen) atoms. The summed E-state index contributed by atoms with van der Waals surface area (Å²) in [5.74, 6) is 1.54. The lowest BCUT2D eigenvalue weighted by atomic mass is 10.00. The summed E-state index contributed by atoms with van der Waals surface area (Å²) in [4.78, 5) is 18.7. The summed E-state index contributed by atoms with van der Waals surface area (Å²) < 4.78 is 11.4. The molecule has 3 heterocycles. The van der Waals surface area contributed by atoms with Crippen LogP contribution in [0, 0.1) is 0 Å².